The number of pyridine rings is 1. The Kier molecular flexibility index (Phi) is 5.94. The molecule has 6 aromatic rings. The first-order valence-corrected chi connectivity index (χ1v) is 12.2. The lowest BCUT2D eigenvalue weighted by atomic mass is 10.1. The van der Waals surface area contributed by atoms with E-state index < -0.39 is 0 Å². The van der Waals surface area contributed by atoms with Crippen molar-refractivity contribution < 1.29 is 9.84 Å². The van der Waals surface area contributed by atoms with E-state index >= 15 is 0 Å². The molecule has 0 aliphatic carbocycles. The second-order valence-electron chi connectivity index (χ2n) is 8.93. The molecule has 2 heterocycles. The number of methoxy groups -OCH3 is 1. The summed E-state index contributed by atoms with van der Waals surface area (Å²) in [6.45, 7) is 0.215. The molecule has 0 aliphatic rings. The summed E-state index contributed by atoms with van der Waals surface area (Å²) in [7, 11) is 1.60. The molecule has 6 rings (SSSR count). The zero-order chi connectivity index (χ0) is 26.1. The number of ether oxygens (including phenoxy) is 1. The second-order valence-corrected chi connectivity index (χ2v) is 8.93. The molecule has 0 radical (unpaired) electrons. The zero-order valence-corrected chi connectivity index (χ0v) is 20.6. The van der Waals surface area contributed by atoms with Crippen LogP contribution in [-0.2, 0) is 6.54 Å². The predicted molar refractivity (Wildman–Crippen MR) is 151 cm³/mol. The monoisotopic (exact) mass is 500 g/mol. The van der Waals surface area contributed by atoms with Gasteiger partial charge in [-0.3, -0.25) is 14.4 Å². The number of aromatic hydroxyl groups is 1. The molecule has 0 unspecified atom stereocenters. The van der Waals surface area contributed by atoms with E-state index in [0.29, 0.717) is 22.0 Å². The van der Waals surface area contributed by atoms with Gasteiger partial charge in [-0.1, -0.05) is 42.5 Å². The van der Waals surface area contributed by atoms with E-state index in [1.165, 1.54) is 4.57 Å². The lowest BCUT2D eigenvalue weighted by molar-refractivity contribution is 0.412. The van der Waals surface area contributed by atoms with Crippen LogP contribution < -0.4 is 10.3 Å². The highest BCUT2D eigenvalue weighted by Crippen LogP contribution is 2.27. The van der Waals surface area contributed by atoms with Gasteiger partial charge in [0.1, 0.15) is 11.6 Å². The van der Waals surface area contributed by atoms with Gasteiger partial charge < -0.3 is 14.8 Å². The van der Waals surface area contributed by atoms with Gasteiger partial charge in [0.25, 0.3) is 5.56 Å². The molecule has 4 aromatic carbocycles. The number of hydrogen-bond donors (Lipinski definition) is 2. The van der Waals surface area contributed by atoms with Crippen LogP contribution in [0.1, 0.15) is 11.1 Å². The Morgan fingerprint density at radius 1 is 0.921 bits per heavy atom. The Hall–Kier alpha value is -5.17. The number of nitrogens with zero attached hydrogens (tertiary/aromatic N) is 3. The zero-order valence-electron chi connectivity index (χ0n) is 20.6. The number of para-hydroxylation sites is 2. The standard InChI is InChI=1S/C31H24N4O3/c1-38-23-16-10-20(11-17-23)19-35-30(36)25-7-3-2-6-24(25)26(31(35)37)18-32-22-14-12-21(13-15-22)29-33-27-8-4-5-9-28(27)34-29/h2-18,37H,19H2,1H3,(H,33,34). The molecule has 7 heteroatoms. The van der Waals surface area contributed by atoms with Crippen LogP contribution >= 0.6 is 0 Å². The van der Waals surface area contributed by atoms with Gasteiger partial charge >= 0.3 is 0 Å². The van der Waals surface area contributed by atoms with Crippen molar-refractivity contribution >= 4 is 33.7 Å². The van der Waals surface area contributed by atoms with Crippen LogP contribution in [0.3, 0.4) is 0 Å². The van der Waals surface area contributed by atoms with Crippen LogP contribution in [0.2, 0.25) is 0 Å². The highest BCUT2D eigenvalue weighted by molar-refractivity contribution is 6.02. The van der Waals surface area contributed by atoms with Gasteiger partial charge in [-0.2, -0.15) is 0 Å². The summed E-state index contributed by atoms with van der Waals surface area (Å²) >= 11 is 0. The van der Waals surface area contributed by atoms with Gasteiger partial charge in [-0.25, -0.2) is 4.98 Å². The van der Waals surface area contributed by atoms with E-state index in [9.17, 15) is 9.90 Å². The quantitative estimate of drug-likeness (QED) is 0.272. The van der Waals surface area contributed by atoms with Crippen molar-refractivity contribution in [1.29, 1.82) is 0 Å². The highest BCUT2D eigenvalue weighted by atomic mass is 16.5. The molecule has 0 aliphatic heterocycles. The van der Waals surface area contributed by atoms with Gasteiger partial charge in [0.15, 0.2) is 0 Å². The third-order valence-corrected chi connectivity index (χ3v) is 6.56. The summed E-state index contributed by atoms with van der Waals surface area (Å²) in [6, 6.07) is 30.2. The van der Waals surface area contributed by atoms with Crippen LogP contribution in [-0.4, -0.2) is 33.0 Å². The third-order valence-electron chi connectivity index (χ3n) is 6.56. The maximum absolute atomic E-state index is 13.3. The minimum atomic E-state index is -0.263. The Balaban J connectivity index is 1.35. The topological polar surface area (TPSA) is 92.5 Å². The van der Waals surface area contributed by atoms with Crippen LogP contribution in [0.5, 0.6) is 11.6 Å². The Morgan fingerprint density at radius 2 is 1.63 bits per heavy atom. The summed E-state index contributed by atoms with van der Waals surface area (Å²) in [5.74, 6) is 1.38. The van der Waals surface area contributed by atoms with Crippen molar-refractivity contribution in [3.05, 3.63) is 119 Å². The second kappa shape index (κ2) is 9.71. The SMILES string of the molecule is COc1ccc(Cn2c(O)c(C=Nc3ccc(-c4nc5ccccc5[nH]4)cc3)c3ccccc3c2=O)cc1. The fraction of sp³-hybridized carbons (Fsp3) is 0.0645. The summed E-state index contributed by atoms with van der Waals surface area (Å²) in [5.41, 5.74) is 4.63. The number of aromatic nitrogens is 3. The molecule has 0 saturated heterocycles. The average Bonchev–Trinajstić information content (AvgIpc) is 3.40. The normalized spacial score (nSPS) is 11.5. The molecule has 0 saturated carbocycles. The molecular formula is C31H24N4O3. The molecule has 0 bridgehead atoms. The van der Waals surface area contributed by atoms with E-state index in [4.69, 9.17) is 4.74 Å². The number of rotatable bonds is 6. The van der Waals surface area contributed by atoms with Gasteiger partial charge in [0.2, 0.25) is 5.88 Å². The summed E-state index contributed by atoms with van der Waals surface area (Å²) in [6.07, 6.45) is 1.61. The van der Waals surface area contributed by atoms with Gasteiger partial charge in [0, 0.05) is 22.6 Å². The van der Waals surface area contributed by atoms with Crippen molar-refractivity contribution in [3.63, 3.8) is 0 Å². The fourth-order valence-corrected chi connectivity index (χ4v) is 4.53. The Morgan fingerprint density at radius 3 is 2.37 bits per heavy atom. The van der Waals surface area contributed by atoms with Crippen LogP contribution in [0.4, 0.5) is 5.69 Å². The largest absolute Gasteiger partial charge is 0.497 e. The minimum Gasteiger partial charge on any atom is -0.497 e. The smallest absolute Gasteiger partial charge is 0.261 e. The molecule has 0 amide bonds. The highest BCUT2D eigenvalue weighted by Gasteiger charge is 2.15. The predicted octanol–water partition coefficient (Wildman–Crippen LogP) is 6.06. The van der Waals surface area contributed by atoms with E-state index in [2.05, 4.69) is 15.0 Å². The van der Waals surface area contributed by atoms with Crippen LogP contribution in [0, 0.1) is 0 Å². The van der Waals surface area contributed by atoms with Gasteiger partial charge in [-0.05, 0) is 60.2 Å². The number of H-pyrrole nitrogens is 1. The molecule has 38 heavy (non-hydrogen) atoms. The van der Waals surface area contributed by atoms with E-state index in [1.54, 1.807) is 19.4 Å². The van der Waals surface area contributed by atoms with E-state index in [1.807, 2.05) is 91.0 Å². The number of aliphatic imine (C=N–C) groups is 1. The fourth-order valence-electron chi connectivity index (χ4n) is 4.53. The number of aromatic amines is 1. The Labute approximate surface area is 218 Å². The molecule has 186 valence electrons. The molecule has 0 atom stereocenters. The van der Waals surface area contributed by atoms with E-state index in [-0.39, 0.29) is 18.0 Å². The average molecular weight is 501 g/mol. The number of fused-ring (bicyclic) bond motifs is 2. The Bertz CT molecular complexity index is 1820. The lowest BCUT2D eigenvalue weighted by Crippen LogP contribution is -2.22. The first-order valence-electron chi connectivity index (χ1n) is 12.2. The van der Waals surface area contributed by atoms with Crippen LogP contribution in [0.15, 0.2) is 107 Å². The molecule has 0 spiro atoms. The maximum Gasteiger partial charge on any atom is 0.261 e. The minimum absolute atomic E-state index is 0.132. The van der Waals surface area contributed by atoms with E-state index in [0.717, 1.165) is 33.7 Å². The molecular weight excluding hydrogens is 476 g/mol. The van der Waals surface area contributed by atoms with Crippen molar-refractivity contribution in [2.24, 2.45) is 4.99 Å². The van der Waals surface area contributed by atoms with Crippen molar-refractivity contribution in [2.75, 3.05) is 7.11 Å². The summed E-state index contributed by atoms with van der Waals surface area (Å²) < 4.78 is 6.59. The summed E-state index contributed by atoms with van der Waals surface area (Å²) in [4.78, 5) is 25.9. The molecule has 2 aromatic heterocycles. The van der Waals surface area contributed by atoms with Crippen molar-refractivity contribution in [1.82, 2.24) is 14.5 Å². The van der Waals surface area contributed by atoms with Crippen molar-refractivity contribution in [2.45, 2.75) is 6.54 Å². The van der Waals surface area contributed by atoms with Gasteiger partial charge in [-0.15, -0.1) is 0 Å². The number of benzene rings is 4. The molecule has 0 fully saturated rings. The number of nitrogens with one attached hydrogen (secondary N) is 1. The summed E-state index contributed by atoms with van der Waals surface area (Å²) in [5, 5.41) is 12.4. The van der Waals surface area contributed by atoms with Gasteiger partial charge in [0.05, 0.1) is 35.9 Å². The van der Waals surface area contributed by atoms with Crippen molar-refractivity contribution in [3.8, 4) is 23.0 Å². The third kappa shape index (κ3) is 4.30. The molecule has 7 nitrogen and oxygen atoms in total. The molecule has 2 N–H and O–H groups in total. The lowest BCUT2D eigenvalue weighted by Gasteiger charge is -2.14. The number of hydrogen-bond acceptors (Lipinski definition) is 5. The maximum atomic E-state index is 13.3. The van der Waals surface area contributed by atoms with Crippen LogP contribution in [0.25, 0.3) is 33.2 Å². The number of imidazole rings is 1. The first-order chi connectivity index (χ1) is 18.6. The first kappa shape index (κ1) is 23.2.